The fourth-order valence-electron chi connectivity index (χ4n) is 4.45. The normalized spacial score (nSPS) is 13.3. The molecule has 0 atom stereocenters. The number of unbranched alkanes of at least 4 members (excludes halogenated alkanes) is 1. The number of nitrogens with zero attached hydrogens (tertiary/aromatic N) is 2. The monoisotopic (exact) mass is 444 g/mol. The number of aromatic nitrogens is 2. The van der Waals surface area contributed by atoms with Crippen LogP contribution < -0.4 is 10.3 Å². The van der Waals surface area contributed by atoms with E-state index in [4.69, 9.17) is 9.72 Å². The number of rotatable bonds is 7. The Morgan fingerprint density at radius 2 is 1.78 bits per heavy atom. The van der Waals surface area contributed by atoms with Gasteiger partial charge in [0.25, 0.3) is 5.56 Å². The lowest BCUT2D eigenvalue weighted by molar-refractivity contribution is 0.303. The molecule has 0 N–H and O–H groups in total. The van der Waals surface area contributed by atoms with Crippen molar-refractivity contribution in [1.82, 2.24) is 9.55 Å². The number of aryl methyl sites for hydroxylation is 3. The lowest BCUT2D eigenvalue weighted by atomic mass is 9.97. The minimum atomic E-state index is 0.118. The van der Waals surface area contributed by atoms with Crippen molar-refractivity contribution in [2.75, 3.05) is 6.61 Å². The number of fused-ring (bicyclic) bond motifs is 3. The van der Waals surface area contributed by atoms with E-state index < -0.39 is 0 Å². The molecule has 2 aromatic carbocycles. The summed E-state index contributed by atoms with van der Waals surface area (Å²) in [4.78, 5) is 21.0. The van der Waals surface area contributed by atoms with Crippen molar-refractivity contribution in [2.24, 2.45) is 0 Å². The van der Waals surface area contributed by atoms with E-state index in [1.54, 1.807) is 11.3 Å². The number of ether oxygens (including phenoxy) is 1. The lowest BCUT2D eigenvalue weighted by Crippen LogP contribution is -2.24. The third-order valence-corrected chi connectivity index (χ3v) is 7.36. The number of thiophene rings is 1. The summed E-state index contributed by atoms with van der Waals surface area (Å²) < 4.78 is 7.77. The van der Waals surface area contributed by atoms with E-state index >= 15 is 0 Å². The van der Waals surface area contributed by atoms with Gasteiger partial charge in [-0.2, -0.15) is 0 Å². The first-order valence-electron chi connectivity index (χ1n) is 11.5. The standard InChI is InChI=1S/C27H28N2O2S/c1-19-13-15-21(16-14-19)31-18-8-7-17-29-25(20-9-3-2-4-10-20)28-26-24(27(29)30)22-11-5-6-12-23(22)32-26/h2-4,9-10,13-16H,5-8,11-12,17-18H2,1H3. The first-order chi connectivity index (χ1) is 15.7. The second-order valence-corrected chi connectivity index (χ2v) is 9.60. The van der Waals surface area contributed by atoms with Crippen molar-refractivity contribution >= 4 is 21.6 Å². The van der Waals surface area contributed by atoms with Crippen LogP contribution in [0, 0.1) is 6.92 Å². The van der Waals surface area contributed by atoms with Crippen LogP contribution in [0.5, 0.6) is 5.75 Å². The minimum Gasteiger partial charge on any atom is -0.494 e. The molecule has 4 nitrogen and oxygen atoms in total. The van der Waals surface area contributed by atoms with E-state index in [-0.39, 0.29) is 5.56 Å². The Kier molecular flexibility index (Phi) is 6.08. The molecule has 0 aliphatic heterocycles. The van der Waals surface area contributed by atoms with Gasteiger partial charge in [-0.05, 0) is 63.1 Å². The highest BCUT2D eigenvalue weighted by molar-refractivity contribution is 7.18. The van der Waals surface area contributed by atoms with Crippen LogP contribution in [0.2, 0.25) is 0 Å². The smallest absolute Gasteiger partial charge is 0.262 e. The van der Waals surface area contributed by atoms with Gasteiger partial charge in [-0.3, -0.25) is 9.36 Å². The van der Waals surface area contributed by atoms with Crippen LogP contribution in [0.15, 0.2) is 59.4 Å². The number of hydrogen-bond acceptors (Lipinski definition) is 4. The van der Waals surface area contributed by atoms with Gasteiger partial charge in [0.1, 0.15) is 16.4 Å². The first kappa shape index (κ1) is 21.0. The highest BCUT2D eigenvalue weighted by Gasteiger charge is 2.22. The predicted octanol–water partition coefficient (Wildman–Crippen LogP) is 6.17. The summed E-state index contributed by atoms with van der Waals surface area (Å²) in [5.41, 5.74) is 3.59. The van der Waals surface area contributed by atoms with E-state index in [0.29, 0.717) is 13.2 Å². The maximum Gasteiger partial charge on any atom is 0.262 e. The van der Waals surface area contributed by atoms with Gasteiger partial charge in [-0.15, -0.1) is 11.3 Å². The minimum absolute atomic E-state index is 0.118. The van der Waals surface area contributed by atoms with E-state index in [1.807, 2.05) is 47.0 Å². The average Bonchev–Trinajstić information content (AvgIpc) is 3.20. The second kappa shape index (κ2) is 9.29. The zero-order valence-corrected chi connectivity index (χ0v) is 19.3. The molecule has 0 amide bonds. The highest BCUT2D eigenvalue weighted by atomic mass is 32.1. The molecular weight excluding hydrogens is 416 g/mol. The molecule has 0 saturated carbocycles. The van der Waals surface area contributed by atoms with Gasteiger partial charge in [0.05, 0.1) is 12.0 Å². The van der Waals surface area contributed by atoms with Gasteiger partial charge in [0.15, 0.2) is 0 Å². The highest BCUT2D eigenvalue weighted by Crippen LogP contribution is 2.34. The summed E-state index contributed by atoms with van der Waals surface area (Å²) in [5, 5.41) is 0.861. The summed E-state index contributed by atoms with van der Waals surface area (Å²) in [6.45, 7) is 3.36. The Morgan fingerprint density at radius 1 is 1.00 bits per heavy atom. The van der Waals surface area contributed by atoms with Crippen LogP contribution in [0.4, 0.5) is 0 Å². The van der Waals surface area contributed by atoms with Crippen molar-refractivity contribution < 1.29 is 4.74 Å². The molecule has 2 aromatic heterocycles. The summed E-state index contributed by atoms with van der Waals surface area (Å²) in [6.07, 6.45) is 6.20. The molecule has 2 heterocycles. The Hall–Kier alpha value is -2.92. The van der Waals surface area contributed by atoms with Crippen LogP contribution in [0.25, 0.3) is 21.6 Å². The van der Waals surface area contributed by atoms with Gasteiger partial charge in [0, 0.05) is 17.0 Å². The molecule has 1 aliphatic carbocycles. The predicted molar refractivity (Wildman–Crippen MR) is 132 cm³/mol. The molecule has 0 fully saturated rings. The SMILES string of the molecule is Cc1ccc(OCCCCn2c(-c3ccccc3)nc3sc4c(c3c2=O)CCCC4)cc1. The molecule has 164 valence electrons. The first-order valence-corrected chi connectivity index (χ1v) is 12.3. The Balaban J connectivity index is 1.40. The second-order valence-electron chi connectivity index (χ2n) is 8.52. The quantitative estimate of drug-likeness (QED) is 0.320. The zero-order valence-electron chi connectivity index (χ0n) is 18.5. The van der Waals surface area contributed by atoms with Crippen LogP contribution in [0.1, 0.15) is 41.7 Å². The Bertz CT molecular complexity index is 1270. The van der Waals surface area contributed by atoms with Crippen molar-refractivity contribution in [1.29, 1.82) is 0 Å². The molecule has 1 aliphatic rings. The maximum atomic E-state index is 13.7. The molecule has 0 unspecified atom stereocenters. The molecular formula is C27H28N2O2S. The molecule has 5 rings (SSSR count). The molecule has 4 aromatic rings. The van der Waals surface area contributed by atoms with Gasteiger partial charge in [-0.25, -0.2) is 4.98 Å². The average molecular weight is 445 g/mol. The third kappa shape index (κ3) is 4.22. The summed E-state index contributed by atoms with van der Waals surface area (Å²) >= 11 is 1.72. The van der Waals surface area contributed by atoms with Crippen LogP contribution in [-0.2, 0) is 19.4 Å². The number of benzene rings is 2. The van der Waals surface area contributed by atoms with Gasteiger partial charge < -0.3 is 4.74 Å². The van der Waals surface area contributed by atoms with E-state index in [1.165, 1.54) is 22.4 Å². The largest absolute Gasteiger partial charge is 0.494 e. The van der Waals surface area contributed by atoms with Crippen LogP contribution in [0.3, 0.4) is 0 Å². The third-order valence-electron chi connectivity index (χ3n) is 6.17. The lowest BCUT2D eigenvalue weighted by Gasteiger charge is -2.14. The molecule has 0 radical (unpaired) electrons. The summed E-state index contributed by atoms with van der Waals surface area (Å²) in [6, 6.07) is 18.2. The topological polar surface area (TPSA) is 44.1 Å². The fourth-order valence-corrected chi connectivity index (χ4v) is 5.70. The molecule has 32 heavy (non-hydrogen) atoms. The van der Waals surface area contributed by atoms with Crippen molar-refractivity contribution in [2.45, 2.75) is 52.0 Å². The van der Waals surface area contributed by atoms with E-state index in [9.17, 15) is 4.79 Å². The van der Waals surface area contributed by atoms with Crippen LogP contribution >= 0.6 is 11.3 Å². The van der Waals surface area contributed by atoms with Gasteiger partial charge in [0.2, 0.25) is 0 Å². The maximum absolute atomic E-state index is 13.7. The van der Waals surface area contributed by atoms with E-state index in [0.717, 1.165) is 59.5 Å². The zero-order chi connectivity index (χ0) is 21.9. The van der Waals surface area contributed by atoms with Crippen molar-refractivity contribution in [3.8, 4) is 17.1 Å². The Morgan fingerprint density at radius 3 is 2.59 bits per heavy atom. The molecule has 5 heteroatoms. The molecule has 0 bridgehead atoms. The fraction of sp³-hybridized carbons (Fsp3) is 0.333. The van der Waals surface area contributed by atoms with E-state index in [2.05, 4.69) is 19.1 Å². The summed E-state index contributed by atoms with van der Waals surface area (Å²) in [5.74, 6) is 1.67. The van der Waals surface area contributed by atoms with Crippen LogP contribution in [-0.4, -0.2) is 16.2 Å². The number of hydrogen-bond donors (Lipinski definition) is 0. The summed E-state index contributed by atoms with van der Waals surface area (Å²) in [7, 11) is 0. The van der Waals surface area contributed by atoms with Gasteiger partial charge in [-0.1, -0.05) is 48.0 Å². The molecule has 0 spiro atoms. The van der Waals surface area contributed by atoms with Crippen molar-refractivity contribution in [3.05, 3.63) is 81.0 Å². The van der Waals surface area contributed by atoms with Gasteiger partial charge >= 0.3 is 0 Å². The van der Waals surface area contributed by atoms with Crippen molar-refractivity contribution in [3.63, 3.8) is 0 Å². The Labute approximate surface area is 192 Å². The molecule has 0 saturated heterocycles.